The van der Waals surface area contributed by atoms with Gasteiger partial charge in [-0.05, 0) is 150 Å². The van der Waals surface area contributed by atoms with Crippen LogP contribution in [0.3, 0.4) is 0 Å². The number of amides is 4. The average molecular weight is 1080 g/mol. The number of carbonyl (C=O) groups is 5. The third kappa shape index (κ3) is 25.7. The molecule has 3 atom stereocenters. The van der Waals surface area contributed by atoms with E-state index in [9.17, 15) is 27.6 Å². The minimum atomic E-state index is -4.42. The molecule has 414 valence electrons. The number of allylic oxidation sites excluding steroid dienone is 2. The summed E-state index contributed by atoms with van der Waals surface area (Å²) >= 11 is 1.71. The van der Waals surface area contributed by atoms with Gasteiger partial charge in [-0.15, -0.1) is 11.3 Å². The van der Waals surface area contributed by atoms with Crippen molar-refractivity contribution in [1.29, 1.82) is 0 Å². The van der Waals surface area contributed by atoms with E-state index in [1.807, 2.05) is 42.8 Å². The van der Waals surface area contributed by atoms with E-state index >= 15 is 0 Å². The molecule has 0 radical (unpaired) electrons. The summed E-state index contributed by atoms with van der Waals surface area (Å²) < 4.78 is 54.9. The zero-order valence-corrected chi connectivity index (χ0v) is 45.9. The van der Waals surface area contributed by atoms with Crippen molar-refractivity contribution in [2.75, 3.05) is 40.0 Å². The number of nitrogens with one attached hydrogen (secondary N) is 2. The molecule has 18 heteroatoms. The van der Waals surface area contributed by atoms with Gasteiger partial charge in [0.25, 0.3) is 5.91 Å². The lowest BCUT2D eigenvalue weighted by molar-refractivity contribution is -0.137. The van der Waals surface area contributed by atoms with Crippen LogP contribution in [0.5, 0.6) is 11.5 Å². The number of aldehydes is 1. The zero-order valence-electron chi connectivity index (χ0n) is 45.1. The normalized spacial score (nSPS) is 14.9. The lowest BCUT2D eigenvalue weighted by Crippen LogP contribution is -2.26. The Kier molecular flexibility index (Phi) is 31.2. The number of nitrogens with two attached hydrogens (primary N) is 2. The first-order valence-electron chi connectivity index (χ1n) is 25.2. The quantitative estimate of drug-likeness (QED) is 0.0483. The van der Waals surface area contributed by atoms with Crippen LogP contribution in [0.25, 0.3) is 10.8 Å². The summed E-state index contributed by atoms with van der Waals surface area (Å²) in [6, 6.07) is 23.9. The molecule has 0 saturated carbocycles. The fourth-order valence-electron chi connectivity index (χ4n) is 7.37. The van der Waals surface area contributed by atoms with Crippen LogP contribution in [0.2, 0.25) is 0 Å². The second kappa shape index (κ2) is 36.3. The number of hydrogen-bond donors (Lipinski definition) is 4. The topological polar surface area (TPSA) is 205 Å². The van der Waals surface area contributed by atoms with Crippen molar-refractivity contribution in [3.8, 4) is 11.5 Å². The highest BCUT2D eigenvalue weighted by Crippen LogP contribution is 2.35. The van der Waals surface area contributed by atoms with Crippen LogP contribution in [0.4, 0.5) is 13.2 Å². The largest absolute Gasteiger partial charge is 0.457 e. The summed E-state index contributed by atoms with van der Waals surface area (Å²) in [7, 11) is 2.19. The van der Waals surface area contributed by atoms with E-state index in [2.05, 4.69) is 86.1 Å². The van der Waals surface area contributed by atoms with Crippen LogP contribution in [0.15, 0.2) is 114 Å². The van der Waals surface area contributed by atoms with Crippen molar-refractivity contribution in [3.05, 3.63) is 147 Å². The van der Waals surface area contributed by atoms with E-state index in [0.29, 0.717) is 43.6 Å². The van der Waals surface area contributed by atoms with Crippen LogP contribution in [0.1, 0.15) is 111 Å². The predicted molar refractivity (Wildman–Crippen MR) is 296 cm³/mol. The minimum absolute atomic E-state index is 0.0901. The lowest BCUT2D eigenvalue weighted by Gasteiger charge is -2.19. The molecular weight excluding hydrogens is 998 g/mol. The van der Waals surface area contributed by atoms with Crippen molar-refractivity contribution < 1.29 is 51.4 Å². The van der Waals surface area contributed by atoms with Crippen molar-refractivity contribution in [2.45, 2.75) is 111 Å². The minimum Gasteiger partial charge on any atom is -0.457 e. The fourth-order valence-corrected chi connectivity index (χ4v) is 8.27. The number of benzene rings is 4. The van der Waals surface area contributed by atoms with E-state index in [4.69, 9.17) is 29.5 Å². The molecule has 4 aromatic carbocycles. The Morgan fingerprint density at radius 3 is 2.14 bits per heavy atom. The summed E-state index contributed by atoms with van der Waals surface area (Å²) in [4.78, 5) is 59.3. The van der Waals surface area contributed by atoms with Gasteiger partial charge in [-0.1, -0.05) is 75.4 Å². The standard InChI is InChI=1S/C32H31F3N2O5.C13H16N2OS.C6H13N.C4H10.C2H4O.CH3NO/c33-32(34,35)26-10-12-27(13-11-26)42-29-8-2-7-24-19-25(9-14-28(24)29)31(39)37-20-23-5-1-4-22(18-23)6-3-15-40-16-17-41-21-30(36)38;1-9(14-7-16)11-3-5-12(6-4-11)13-10(2)15-8-17-13;1-6-4-3-5-7(6)2;1-4(2)3;1-2-3;2-1-3/h1-2,4-5,7-14,18-19H,3,6,15-17,20-21H2,(H2,36,38)(H,37,39);3-5,7-9,12H,6H2,1-2H3,(H,14,16);6H,3-5H2,1-2H3;4H,1-3H3;2H,1H3;1H,(H2,2,3). The van der Waals surface area contributed by atoms with E-state index < -0.39 is 17.6 Å². The molecule has 1 saturated heterocycles. The van der Waals surface area contributed by atoms with Gasteiger partial charge < -0.3 is 46.0 Å². The van der Waals surface area contributed by atoms with Gasteiger partial charge in [0.15, 0.2) is 0 Å². The van der Waals surface area contributed by atoms with Gasteiger partial charge in [-0.2, -0.15) is 13.2 Å². The molecule has 6 N–H and O–H groups in total. The highest BCUT2D eigenvalue weighted by atomic mass is 32.1. The molecule has 1 fully saturated rings. The van der Waals surface area contributed by atoms with Crippen molar-refractivity contribution in [2.24, 2.45) is 17.4 Å². The summed E-state index contributed by atoms with van der Waals surface area (Å²) in [5.74, 6) is 1.28. The molecule has 4 amide bonds. The molecule has 0 bridgehead atoms. The number of nitrogens with zero attached hydrogens (tertiary/aromatic N) is 2. The van der Waals surface area contributed by atoms with Gasteiger partial charge in [0.1, 0.15) is 24.4 Å². The number of aryl methyl sites for hydroxylation is 2. The van der Waals surface area contributed by atoms with Gasteiger partial charge in [0.05, 0.1) is 36.0 Å². The van der Waals surface area contributed by atoms with Gasteiger partial charge >= 0.3 is 6.18 Å². The molecule has 2 heterocycles. The Labute approximate surface area is 450 Å². The van der Waals surface area contributed by atoms with Gasteiger partial charge in [-0.3, -0.25) is 19.2 Å². The molecule has 76 heavy (non-hydrogen) atoms. The highest BCUT2D eigenvalue weighted by Gasteiger charge is 2.30. The number of halogens is 3. The number of likely N-dealkylation sites (tertiary alicyclic amines) is 1. The Balaban J connectivity index is 0.000000469. The molecule has 7 rings (SSSR count). The monoisotopic (exact) mass is 1070 g/mol. The summed E-state index contributed by atoms with van der Waals surface area (Å²) in [6.07, 6.45) is 9.25. The van der Waals surface area contributed by atoms with Gasteiger partial charge in [0, 0.05) is 40.9 Å². The summed E-state index contributed by atoms with van der Waals surface area (Å²) in [6.45, 7) is 17.1. The lowest BCUT2D eigenvalue weighted by atomic mass is 9.92. The molecule has 5 aromatic rings. The van der Waals surface area contributed by atoms with Crippen LogP contribution in [-0.4, -0.2) is 92.9 Å². The number of carbonyl (C=O) groups excluding carboxylic acids is 5. The number of aromatic nitrogens is 1. The summed E-state index contributed by atoms with van der Waals surface area (Å²) in [5.41, 5.74) is 15.2. The number of alkyl halides is 3. The number of hydrogen-bond acceptors (Lipinski definition) is 11. The molecular formula is C58H77F3N6O8S. The summed E-state index contributed by atoms with van der Waals surface area (Å²) in [5, 5.41) is 7.20. The number of primary amides is 2. The second-order valence-electron chi connectivity index (χ2n) is 18.3. The first kappa shape index (κ1) is 65.4. The molecule has 1 aromatic heterocycles. The number of fused-ring (bicyclic) bond motifs is 1. The first-order chi connectivity index (χ1) is 36.3. The van der Waals surface area contributed by atoms with Crippen LogP contribution < -0.4 is 26.8 Å². The predicted octanol–water partition coefficient (Wildman–Crippen LogP) is 10.7. The highest BCUT2D eigenvalue weighted by molar-refractivity contribution is 7.09. The maximum Gasteiger partial charge on any atom is 0.416 e. The smallest absolute Gasteiger partial charge is 0.416 e. The molecule has 2 aliphatic rings. The van der Waals surface area contributed by atoms with Crippen LogP contribution in [0, 0.1) is 12.8 Å². The maximum atomic E-state index is 12.9. The zero-order chi connectivity index (χ0) is 56.5. The van der Waals surface area contributed by atoms with Gasteiger partial charge in [-0.25, -0.2) is 4.98 Å². The van der Waals surface area contributed by atoms with Crippen LogP contribution >= 0.6 is 11.3 Å². The van der Waals surface area contributed by atoms with Crippen molar-refractivity contribution in [3.63, 3.8) is 0 Å². The first-order valence-corrected chi connectivity index (χ1v) is 26.1. The third-order valence-corrected chi connectivity index (χ3v) is 12.3. The second-order valence-corrected chi connectivity index (χ2v) is 19.2. The fraction of sp³-hybridized carbons (Fsp3) is 0.414. The van der Waals surface area contributed by atoms with Crippen LogP contribution in [-0.2, 0) is 47.8 Å². The number of thiazole rings is 1. The Bertz CT molecular complexity index is 2550. The average Bonchev–Trinajstić information content (AvgIpc) is 4.00. The molecule has 0 spiro atoms. The number of ether oxygens (including phenoxy) is 3. The van der Waals surface area contributed by atoms with Crippen molar-refractivity contribution in [1.82, 2.24) is 20.5 Å². The third-order valence-electron chi connectivity index (χ3n) is 11.3. The Morgan fingerprint density at radius 2 is 1.59 bits per heavy atom. The molecule has 3 unspecified atom stereocenters. The Morgan fingerprint density at radius 1 is 0.934 bits per heavy atom. The van der Waals surface area contributed by atoms with E-state index in [1.165, 1.54) is 48.9 Å². The number of rotatable bonds is 18. The van der Waals surface area contributed by atoms with E-state index in [0.717, 1.165) is 83.6 Å². The van der Waals surface area contributed by atoms with E-state index in [-0.39, 0.29) is 30.7 Å². The molecule has 1 aliphatic heterocycles. The van der Waals surface area contributed by atoms with Gasteiger partial charge in [0.2, 0.25) is 18.7 Å². The van der Waals surface area contributed by atoms with Crippen molar-refractivity contribution >= 4 is 53.0 Å². The molecule has 14 nitrogen and oxygen atoms in total. The van der Waals surface area contributed by atoms with E-state index in [1.54, 1.807) is 41.7 Å². The SMILES string of the molecule is CC(C)C.CC1CCCN1C.CC=O.Cc1ncsc1C1C=CC(C(C)NC=O)=CC1.NC(=O)COCCOCCCc1cccc(CNC(=O)c2ccc3c(Oc4ccc(C(F)(F)F)cc4)cccc3c2)c1.NC=O. The maximum absolute atomic E-state index is 12.9. The molecule has 1 aliphatic carbocycles. The Hall–Kier alpha value is -6.73.